The van der Waals surface area contributed by atoms with E-state index in [2.05, 4.69) is 0 Å². The van der Waals surface area contributed by atoms with E-state index < -0.39 is 6.10 Å². The average Bonchev–Trinajstić information content (AvgIpc) is 2.89. The van der Waals surface area contributed by atoms with Gasteiger partial charge in [-0.15, -0.1) is 0 Å². The molecule has 1 aliphatic heterocycles. The van der Waals surface area contributed by atoms with Crippen molar-refractivity contribution < 1.29 is 14.3 Å². The molecule has 1 aromatic heterocycles. The lowest BCUT2D eigenvalue weighted by molar-refractivity contribution is 0.0465. The van der Waals surface area contributed by atoms with Crippen molar-refractivity contribution in [2.24, 2.45) is 5.92 Å². The van der Waals surface area contributed by atoms with Gasteiger partial charge in [0.1, 0.15) is 5.82 Å². The Hall–Kier alpha value is -2.14. The minimum atomic E-state index is -0.415. The third kappa shape index (κ3) is 3.33. The molecule has 0 radical (unpaired) electrons. The Bertz CT molecular complexity index is 782. The van der Waals surface area contributed by atoms with E-state index in [-0.39, 0.29) is 17.6 Å². The van der Waals surface area contributed by atoms with E-state index in [0.717, 1.165) is 24.2 Å². The Morgan fingerprint density at radius 3 is 2.72 bits per heavy atom. The standard InChI is InChI=1S/C20H25FN2O2/c1-13-11-17(14(2)23(13)19-9-5-4-8-18(19)21)20(25)22-10-6-7-16(12-22)15(3)24/h4-5,8-9,11,15-16,24H,6-7,10,12H2,1-3H3. The summed E-state index contributed by atoms with van der Waals surface area (Å²) in [6.07, 6.45) is 1.42. The maximum absolute atomic E-state index is 14.2. The van der Waals surface area contributed by atoms with Crippen LogP contribution in [0.15, 0.2) is 30.3 Å². The molecule has 0 bridgehead atoms. The van der Waals surface area contributed by atoms with Crippen molar-refractivity contribution in [3.63, 3.8) is 0 Å². The third-order valence-electron chi connectivity index (χ3n) is 5.18. The second-order valence-electron chi connectivity index (χ2n) is 6.97. The number of aliphatic hydroxyl groups is 1. The lowest BCUT2D eigenvalue weighted by atomic mass is 9.93. The average molecular weight is 344 g/mol. The highest BCUT2D eigenvalue weighted by atomic mass is 19.1. The molecular formula is C20H25FN2O2. The van der Waals surface area contributed by atoms with Gasteiger partial charge in [0, 0.05) is 30.4 Å². The minimum absolute atomic E-state index is 0.0407. The van der Waals surface area contributed by atoms with E-state index in [9.17, 15) is 14.3 Å². The first kappa shape index (κ1) is 17.7. The number of piperidine rings is 1. The highest BCUT2D eigenvalue weighted by molar-refractivity contribution is 5.96. The van der Waals surface area contributed by atoms with Crippen molar-refractivity contribution in [1.29, 1.82) is 0 Å². The zero-order valence-corrected chi connectivity index (χ0v) is 15.0. The summed E-state index contributed by atoms with van der Waals surface area (Å²) in [5.74, 6) is -0.232. The summed E-state index contributed by atoms with van der Waals surface area (Å²) in [5, 5.41) is 9.85. The molecule has 1 aliphatic rings. The van der Waals surface area contributed by atoms with Gasteiger partial charge in [0.15, 0.2) is 0 Å². The normalized spacial score (nSPS) is 19.1. The topological polar surface area (TPSA) is 45.5 Å². The highest BCUT2D eigenvalue weighted by Gasteiger charge is 2.29. The van der Waals surface area contributed by atoms with Gasteiger partial charge < -0.3 is 14.6 Å². The molecule has 5 heteroatoms. The van der Waals surface area contributed by atoms with Gasteiger partial charge in [-0.1, -0.05) is 12.1 Å². The lowest BCUT2D eigenvalue weighted by Crippen LogP contribution is -2.43. The minimum Gasteiger partial charge on any atom is -0.393 e. The second kappa shape index (κ2) is 7.00. The van der Waals surface area contributed by atoms with Crippen molar-refractivity contribution in [2.75, 3.05) is 13.1 Å². The molecule has 1 saturated heterocycles. The monoisotopic (exact) mass is 344 g/mol. The molecule has 1 fully saturated rings. The van der Waals surface area contributed by atoms with Crippen molar-refractivity contribution in [3.05, 3.63) is 53.1 Å². The summed E-state index contributed by atoms with van der Waals surface area (Å²) in [7, 11) is 0. The van der Waals surface area contributed by atoms with Crippen molar-refractivity contribution in [1.82, 2.24) is 9.47 Å². The predicted octanol–water partition coefficient (Wildman–Crippen LogP) is 3.47. The Kier molecular flexibility index (Phi) is 4.95. The van der Waals surface area contributed by atoms with Gasteiger partial charge in [0.25, 0.3) is 5.91 Å². The molecule has 2 unspecified atom stereocenters. The summed E-state index contributed by atoms with van der Waals surface area (Å²) in [5.41, 5.74) is 2.63. The number of aryl methyl sites for hydroxylation is 1. The van der Waals surface area contributed by atoms with Crippen LogP contribution in [-0.4, -0.2) is 39.7 Å². The fourth-order valence-electron chi connectivity index (χ4n) is 3.74. The van der Waals surface area contributed by atoms with E-state index in [4.69, 9.17) is 0 Å². The van der Waals surface area contributed by atoms with Gasteiger partial charge in [-0.3, -0.25) is 4.79 Å². The number of amides is 1. The Morgan fingerprint density at radius 1 is 1.32 bits per heavy atom. The molecule has 3 rings (SSSR count). The van der Waals surface area contributed by atoms with Gasteiger partial charge in [0.2, 0.25) is 0 Å². The second-order valence-corrected chi connectivity index (χ2v) is 6.97. The molecule has 134 valence electrons. The predicted molar refractivity (Wildman–Crippen MR) is 95.5 cm³/mol. The maximum atomic E-state index is 14.2. The van der Waals surface area contributed by atoms with Crippen LogP contribution in [0.5, 0.6) is 0 Å². The number of aromatic nitrogens is 1. The highest BCUT2D eigenvalue weighted by Crippen LogP contribution is 2.26. The largest absolute Gasteiger partial charge is 0.393 e. The van der Waals surface area contributed by atoms with E-state index >= 15 is 0 Å². The van der Waals surface area contributed by atoms with Crippen molar-refractivity contribution >= 4 is 5.91 Å². The number of hydrogen-bond acceptors (Lipinski definition) is 2. The molecule has 0 aliphatic carbocycles. The molecule has 1 N–H and O–H groups in total. The number of nitrogens with zero attached hydrogens (tertiary/aromatic N) is 2. The van der Waals surface area contributed by atoms with Crippen LogP contribution in [0.25, 0.3) is 5.69 Å². The fraction of sp³-hybridized carbons (Fsp3) is 0.450. The van der Waals surface area contributed by atoms with Gasteiger partial charge in [-0.25, -0.2) is 4.39 Å². The SMILES string of the molecule is Cc1cc(C(=O)N2CCCC(C(C)O)C2)c(C)n1-c1ccccc1F. The number of halogens is 1. The smallest absolute Gasteiger partial charge is 0.255 e. The quantitative estimate of drug-likeness (QED) is 0.927. The van der Waals surface area contributed by atoms with Crippen LogP contribution in [0.4, 0.5) is 4.39 Å². The number of likely N-dealkylation sites (tertiary alicyclic amines) is 1. The number of carbonyl (C=O) groups is 1. The molecule has 0 spiro atoms. The molecule has 4 nitrogen and oxygen atoms in total. The van der Waals surface area contributed by atoms with E-state index in [1.165, 1.54) is 6.07 Å². The van der Waals surface area contributed by atoms with Crippen LogP contribution in [0.3, 0.4) is 0 Å². The van der Waals surface area contributed by atoms with E-state index in [0.29, 0.717) is 24.3 Å². The number of benzene rings is 1. The van der Waals surface area contributed by atoms with Crippen LogP contribution in [0.2, 0.25) is 0 Å². The number of hydrogen-bond donors (Lipinski definition) is 1. The maximum Gasteiger partial charge on any atom is 0.255 e. The number of para-hydroxylation sites is 1. The van der Waals surface area contributed by atoms with Crippen molar-refractivity contribution in [3.8, 4) is 5.69 Å². The van der Waals surface area contributed by atoms with Gasteiger partial charge in [-0.2, -0.15) is 0 Å². The molecule has 2 heterocycles. The molecular weight excluding hydrogens is 319 g/mol. The Morgan fingerprint density at radius 2 is 2.04 bits per heavy atom. The van der Waals surface area contributed by atoms with E-state index in [1.807, 2.05) is 24.8 Å². The molecule has 1 amide bonds. The van der Waals surface area contributed by atoms with Crippen molar-refractivity contribution in [2.45, 2.75) is 39.7 Å². The van der Waals surface area contributed by atoms with Crippen LogP contribution in [-0.2, 0) is 0 Å². The van der Waals surface area contributed by atoms with Crippen LogP contribution < -0.4 is 0 Å². The van der Waals surface area contributed by atoms with E-state index in [1.54, 1.807) is 29.7 Å². The number of aliphatic hydroxyl groups excluding tert-OH is 1. The summed E-state index contributed by atoms with van der Waals surface area (Å²) in [6, 6.07) is 8.41. The summed E-state index contributed by atoms with van der Waals surface area (Å²) in [6.45, 7) is 6.78. The van der Waals surface area contributed by atoms with Crippen LogP contribution in [0.1, 0.15) is 41.5 Å². The Balaban J connectivity index is 1.92. The zero-order valence-electron chi connectivity index (χ0n) is 15.0. The molecule has 1 aromatic carbocycles. The van der Waals surface area contributed by atoms with Gasteiger partial charge >= 0.3 is 0 Å². The third-order valence-corrected chi connectivity index (χ3v) is 5.18. The summed E-state index contributed by atoms with van der Waals surface area (Å²) < 4.78 is 16.0. The molecule has 25 heavy (non-hydrogen) atoms. The first-order chi connectivity index (χ1) is 11.9. The van der Waals surface area contributed by atoms with Gasteiger partial charge in [-0.05, 0) is 51.8 Å². The Labute approximate surface area is 147 Å². The fourth-order valence-corrected chi connectivity index (χ4v) is 3.74. The molecule has 0 saturated carbocycles. The molecule has 2 aromatic rings. The first-order valence-corrected chi connectivity index (χ1v) is 8.81. The summed E-state index contributed by atoms with van der Waals surface area (Å²) >= 11 is 0. The number of carbonyl (C=O) groups excluding carboxylic acids is 1. The zero-order chi connectivity index (χ0) is 18.1. The first-order valence-electron chi connectivity index (χ1n) is 8.81. The van der Waals surface area contributed by atoms with Gasteiger partial charge in [0.05, 0.1) is 17.4 Å². The van der Waals surface area contributed by atoms with Crippen LogP contribution >= 0.6 is 0 Å². The lowest BCUT2D eigenvalue weighted by Gasteiger charge is -2.34. The van der Waals surface area contributed by atoms with Crippen LogP contribution in [0, 0.1) is 25.6 Å². The summed E-state index contributed by atoms with van der Waals surface area (Å²) in [4.78, 5) is 14.8. The molecule has 2 atom stereocenters. The number of rotatable bonds is 3.